The number of aromatic carboxylic acids is 1. The number of carbonyl (C=O) groups is 1. The number of hydrogen-bond acceptors (Lipinski definition) is 4. The molecule has 0 bridgehead atoms. The van der Waals surface area contributed by atoms with Crippen molar-refractivity contribution in [2.75, 3.05) is 5.73 Å². The van der Waals surface area contributed by atoms with Crippen molar-refractivity contribution in [1.82, 2.24) is 0 Å². The number of halogens is 2. The number of ether oxygens (including phenoxy) is 1. The van der Waals surface area contributed by atoms with Crippen LogP contribution < -0.4 is 10.5 Å². The number of nitriles is 1. The van der Waals surface area contributed by atoms with E-state index in [0.717, 1.165) is 18.2 Å². The quantitative estimate of drug-likeness (QED) is 0.847. The van der Waals surface area contributed by atoms with Gasteiger partial charge in [-0.05, 0) is 24.3 Å². The van der Waals surface area contributed by atoms with E-state index in [2.05, 4.69) is 0 Å². The smallest absolute Gasteiger partial charge is 0.341 e. The highest BCUT2D eigenvalue weighted by atomic mass is 19.1. The standard InChI is InChI=1S/C14H8F2N2O3/c15-9-3-4-11(12(13(9)18)14(19)20)21-8-2-1-7(6-17)10(16)5-8/h1-5H,18H2,(H,19,20). The molecule has 2 aromatic carbocycles. The van der Waals surface area contributed by atoms with Gasteiger partial charge in [0, 0.05) is 6.07 Å². The number of nitrogens with two attached hydrogens (primary N) is 1. The summed E-state index contributed by atoms with van der Waals surface area (Å²) in [6.07, 6.45) is 0. The first kappa shape index (κ1) is 14.3. The highest BCUT2D eigenvalue weighted by molar-refractivity contribution is 5.97. The van der Waals surface area contributed by atoms with E-state index < -0.39 is 28.9 Å². The van der Waals surface area contributed by atoms with Crippen LogP contribution in [0.15, 0.2) is 30.3 Å². The summed E-state index contributed by atoms with van der Waals surface area (Å²) in [6, 6.07) is 7.04. The van der Waals surface area contributed by atoms with Crippen LogP contribution in [0.5, 0.6) is 11.5 Å². The van der Waals surface area contributed by atoms with E-state index in [1.54, 1.807) is 6.07 Å². The molecule has 0 atom stereocenters. The van der Waals surface area contributed by atoms with Gasteiger partial charge < -0.3 is 15.6 Å². The van der Waals surface area contributed by atoms with E-state index in [9.17, 15) is 13.6 Å². The van der Waals surface area contributed by atoms with Crippen LogP contribution in [0, 0.1) is 23.0 Å². The molecule has 0 aliphatic heterocycles. The van der Waals surface area contributed by atoms with Gasteiger partial charge in [-0.2, -0.15) is 5.26 Å². The first-order valence-electron chi connectivity index (χ1n) is 5.62. The first-order valence-corrected chi connectivity index (χ1v) is 5.62. The van der Waals surface area contributed by atoms with E-state index in [0.29, 0.717) is 0 Å². The van der Waals surface area contributed by atoms with Crippen molar-refractivity contribution in [2.24, 2.45) is 0 Å². The third kappa shape index (κ3) is 2.74. The van der Waals surface area contributed by atoms with Gasteiger partial charge in [0.1, 0.15) is 34.8 Å². The van der Waals surface area contributed by atoms with Crippen LogP contribution in [0.1, 0.15) is 15.9 Å². The maximum absolute atomic E-state index is 13.5. The lowest BCUT2D eigenvalue weighted by Gasteiger charge is -2.11. The van der Waals surface area contributed by atoms with Crippen LogP contribution in [0.4, 0.5) is 14.5 Å². The normalized spacial score (nSPS) is 9.95. The lowest BCUT2D eigenvalue weighted by molar-refractivity contribution is 0.0695. The van der Waals surface area contributed by atoms with Gasteiger partial charge in [0.25, 0.3) is 0 Å². The molecule has 2 aromatic rings. The zero-order valence-corrected chi connectivity index (χ0v) is 10.4. The van der Waals surface area contributed by atoms with E-state index >= 15 is 0 Å². The number of carboxylic acid groups (broad SMARTS) is 1. The molecule has 0 aliphatic rings. The summed E-state index contributed by atoms with van der Waals surface area (Å²) in [7, 11) is 0. The van der Waals surface area contributed by atoms with E-state index in [4.69, 9.17) is 20.8 Å². The fourth-order valence-electron chi connectivity index (χ4n) is 1.66. The highest BCUT2D eigenvalue weighted by Gasteiger charge is 2.19. The molecule has 0 amide bonds. The van der Waals surface area contributed by atoms with Gasteiger partial charge in [-0.15, -0.1) is 0 Å². The number of benzene rings is 2. The maximum atomic E-state index is 13.5. The van der Waals surface area contributed by atoms with Crippen molar-refractivity contribution in [1.29, 1.82) is 5.26 Å². The van der Waals surface area contributed by atoms with Gasteiger partial charge in [-0.3, -0.25) is 0 Å². The minimum absolute atomic E-state index is 0.0417. The molecular weight excluding hydrogens is 282 g/mol. The topological polar surface area (TPSA) is 96.3 Å². The Morgan fingerprint density at radius 3 is 2.52 bits per heavy atom. The van der Waals surface area contributed by atoms with Gasteiger partial charge in [0.05, 0.1) is 11.3 Å². The number of anilines is 1. The first-order chi connectivity index (χ1) is 9.93. The van der Waals surface area contributed by atoms with Crippen molar-refractivity contribution >= 4 is 11.7 Å². The lowest BCUT2D eigenvalue weighted by Crippen LogP contribution is -2.07. The van der Waals surface area contributed by atoms with Gasteiger partial charge in [0.15, 0.2) is 0 Å². The molecule has 0 saturated heterocycles. The van der Waals surface area contributed by atoms with E-state index in [-0.39, 0.29) is 17.1 Å². The molecule has 0 aromatic heterocycles. The van der Waals surface area contributed by atoms with Gasteiger partial charge in [0.2, 0.25) is 0 Å². The maximum Gasteiger partial charge on any atom is 0.341 e. The molecule has 2 rings (SSSR count). The molecule has 3 N–H and O–H groups in total. The van der Waals surface area contributed by atoms with Crippen LogP contribution in [-0.4, -0.2) is 11.1 Å². The predicted octanol–water partition coefficient (Wildman–Crippen LogP) is 2.91. The molecule has 21 heavy (non-hydrogen) atoms. The molecule has 106 valence electrons. The SMILES string of the molecule is N#Cc1ccc(Oc2ccc(F)c(N)c2C(=O)O)cc1F. The number of nitrogens with zero attached hydrogens (tertiary/aromatic N) is 1. The Kier molecular flexibility index (Phi) is 3.71. The summed E-state index contributed by atoms with van der Waals surface area (Å²) < 4.78 is 31.9. The average molecular weight is 290 g/mol. The summed E-state index contributed by atoms with van der Waals surface area (Å²) in [5.74, 6) is -3.46. The summed E-state index contributed by atoms with van der Waals surface area (Å²) in [4.78, 5) is 11.1. The number of hydrogen-bond donors (Lipinski definition) is 2. The van der Waals surface area contributed by atoms with Crippen molar-refractivity contribution in [3.63, 3.8) is 0 Å². The summed E-state index contributed by atoms with van der Waals surface area (Å²) in [5, 5.41) is 17.7. The largest absolute Gasteiger partial charge is 0.477 e. The second-order valence-electron chi connectivity index (χ2n) is 3.99. The zero-order valence-electron chi connectivity index (χ0n) is 10.4. The number of carboxylic acids is 1. The Hall–Kier alpha value is -3.14. The highest BCUT2D eigenvalue weighted by Crippen LogP contribution is 2.31. The van der Waals surface area contributed by atoms with Crippen molar-refractivity contribution in [3.05, 3.63) is 53.1 Å². The van der Waals surface area contributed by atoms with Gasteiger partial charge in [-0.25, -0.2) is 13.6 Å². The van der Waals surface area contributed by atoms with Crippen LogP contribution in [0.25, 0.3) is 0 Å². The Bertz CT molecular complexity index is 770. The minimum atomic E-state index is -1.48. The van der Waals surface area contributed by atoms with Crippen molar-refractivity contribution < 1.29 is 23.4 Å². The molecule has 0 fully saturated rings. The molecule has 0 radical (unpaired) electrons. The fraction of sp³-hybridized carbons (Fsp3) is 0. The van der Waals surface area contributed by atoms with E-state index in [1.165, 1.54) is 12.1 Å². The molecule has 7 heteroatoms. The second-order valence-corrected chi connectivity index (χ2v) is 3.99. The summed E-state index contributed by atoms with van der Waals surface area (Å²) in [6.45, 7) is 0. The number of rotatable bonds is 3. The molecule has 5 nitrogen and oxygen atoms in total. The number of nitrogen functional groups attached to an aromatic ring is 1. The Balaban J connectivity index is 2.45. The minimum Gasteiger partial charge on any atom is -0.477 e. The molecule has 0 saturated carbocycles. The average Bonchev–Trinajstić information content (AvgIpc) is 2.43. The Labute approximate surface area is 117 Å². The predicted molar refractivity (Wildman–Crippen MR) is 69.0 cm³/mol. The Morgan fingerprint density at radius 1 is 1.24 bits per heavy atom. The summed E-state index contributed by atoms with van der Waals surface area (Å²) >= 11 is 0. The molecule has 0 aliphatic carbocycles. The molecule has 0 heterocycles. The van der Waals surface area contributed by atoms with Crippen LogP contribution >= 0.6 is 0 Å². The van der Waals surface area contributed by atoms with Crippen LogP contribution in [-0.2, 0) is 0 Å². The zero-order chi connectivity index (χ0) is 15.6. The van der Waals surface area contributed by atoms with E-state index in [1.807, 2.05) is 0 Å². The van der Waals surface area contributed by atoms with Crippen LogP contribution in [0.3, 0.4) is 0 Å². The van der Waals surface area contributed by atoms with Gasteiger partial charge >= 0.3 is 5.97 Å². The van der Waals surface area contributed by atoms with Crippen molar-refractivity contribution in [3.8, 4) is 17.6 Å². The van der Waals surface area contributed by atoms with Gasteiger partial charge in [-0.1, -0.05) is 0 Å². The van der Waals surface area contributed by atoms with Crippen molar-refractivity contribution in [2.45, 2.75) is 0 Å². The Morgan fingerprint density at radius 2 is 1.95 bits per heavy atom. The molecular formula is C14H8F2N2O3. The third-order valence-corrected chi connectivity index (χ3v) is 2.66. The summed E-state index contributed by atoms with van der Waals surface area (Å²) in [5.41, 5.74) is 4.05. The molecule has 0 unspecified atom stereocenters. The van der Waals surface area contributed by atoms with Crippen LogP contribution in [0.2, 0.25) is 0 Å². The lowest BCUT2D eigenvalue weighted by atomic mass is 10.1. The second kappa shape index (κ2) is 5.46. The monoisotopic (exact) mass is 290 g/mol. The molecule has 0 spiro atoms. The fourth-order valence-corrected chi connectivity index (χ4v) is 1.66. The third-order valence-electron chi connectivity index (χ3n) is 2.66.